The quantitative estimate of drug-likeness (QED) is 0.898. The highest BCUT2D eigenvalue weighted by molar-refractivity contribution is 5.79. The van der Waals surface area contributed by atoms with Crippen molar-refractivity contribution in [3.05, 3.63) is 29.8 Å². The van der Waals surface area contributed by atoms with Crippen LogP contribution in [0.4, 0.5) is 0 Å². The Hall–Kier alpha value is -1.55. The third-order valence-corrected chi connectivity index (χ3v) is 5.49. The Morgan fingerprint density at radius 2 is 1.91 bits per heavy atom. The molecule has 0 spiro atoms. The minimum absolute atomic E-state index is 0.153. The van der Waals surface area contributed by atoms with Gasteiger partial charge in [0, 0.05) is 11.5 Å². The Labute approximate surface area is 138 Å². The fraction of sp³-hybridized carbons (Fsp3) is 0.632. The predicted molar refractivity (Wildman–Crippen MR) is 91.5 cm³/mol. The molecule has 2 atom stereocenters. The van der Waals surface area contributed by atoms with Gasteiger partial charge in [-0.2, -0.15) is 0 Å². The second-order valence-corrected chi connectivity index (χ2v) is 7.34. The number of phenolic OH excluding ortho intramolecular Hbond substituents is 1. The van der Waals surface area contributed by atoms with Crippen molar-refractivity contribution in [1.29, 1.82) is 0 Å². The van der Waals surface area contributed by atoms with E-state index < -0.39 is 0 Å². The molecule has 23 heavy (non-hydrogen) atoms. The Kier molecular flexibility index (Phi) is 4.90. The van der Waals surface area contributed by atoms with Crippen molar-refractivity contribution in [2.45, 2.75) is 56.9 Å². The lowest BCUT2D eigenvalue weighted by atomic mass is 9.70. The van der Waals surface area contributed by atoms with Crippen molar-refractivity contribution in [3.8, 4) is 5.75 Å². The van der Waals surface area contributed by atoms with E-state index in [9.17, 15) is 9.90 Å². The summed E-state index contributed by atoms with van der Waals surface area (Å²) < 4.78 is 0. The molecule has 1 heterocycles. The molecule has 2 unspecified atom stereocenters. The van der Waals surface area contributed by atoms with Crippen LogP contribution in [0, 0.1) is 0 Å². The Balaban J connectivity index is 1.70. The third kappa shape index (κ3) is 3.86. The average Bonchev–Trinajstić information content (AvgIpc) is 3.01. The smallest absolute Gasteiger partial charge is 0.234 e. The monoisotopic (exact) mass is 316 g/mol. The summed E-state index contributed by atoms with van der Waals surface area (Å²) in [5, 5.41) is 12.9. The number of nitrogens with zero attached hydrogens (tertiary/aromatic N) is 1. The molecule has 3 rings (SSSR count). The standard InChI is InChI=1S/C19H28N2O2/c1-19(20-18(23)14-21-12-4-5-13-21)11-3-2-6-17(19)15-7-9-16(22)10-8-15/h7-10,17,22H,2-6,11-14H2,1H3,(H,20,23). The van der Waals surface area contributed by atoms with E-state index in [-0.39, 0.29) is 11.4 Å². The van der Waals surface area contributed by atoms with Gasteiger partial charge in [0.1, 0.15) is 5.75 Å². The molecule has 0 aromatic heterocycles. The Morgan fingerprint density at radius 1 is 1.22 bits per heavy atom. The first-order valence-corrected chi connectivity index (χ1v) is 8.89. The number of phenols is 1. The molecular weight excluding hydrogens is 288 g/mol. The van der Waals surface area contributed by atoms with Crippen LogP contribution in [-0.4, -0.2) is 41.1 Å². The van der Waals surface area contributed by atoms with Crippen LogP contribution in [0.3, 0.4) is 0 Å². The number of rotatable bonds is 4. The molecule has 1 aromatic rings. The van der Waals surface area contributed by atoms with E-state index in [4.69, 9.17) is 0 Å². The van der Waals surface area contributed by atoms with Gasteiger partial charge >= 0.3 is 0 Å². The van der Waals surface area contributed by atoms with Crippen LogP contribution >= 0.6 is 0 Å². The van der Waals surface area contributed by atoms with Crippen molar-refractivity contribution >= 4 is 5.91 Å². The maximum atomic E-state index is 12.5. The summed E-state index contributed by atoms with van der Waals surface area (Å²) in [4.78, 5) is 14.8. The van der Waals surface area contributed by atoms with Gasteiger partial charge in [-0.25, -0.2) is 0 Å². The van der Waals surface area contributed by atoms with Gasteiger partial charge in [-0.15, -0.1) is 0 Å². The number of carbonyl (C=O) groups excluding carboxylic acids is 1. The van der Waals surface area contributed by atoms with E-state index >= 15 is 0 Å². The number of carbonyl (C=O) groups is 1. The first-order valence-electron chi connectivity index (χ1n) is 8.89. The van der Waals surface area contributed by atoms with Gasteiger partial charge in [-0.3, -0.25) is 9.69 Å². The maximum Gasteiger partial charge on any atom is 0.234 e. The zero-order valence-corrected chi connectivity index (χ0v) is 14.1. The minimum atomic E-state index is -0.188. The van der Waals surface area contributed by atoms with Gasteiger partial charge in [-0.1, -0.05) is 25.0 Å². The molecule has 2 N–H and O–H groups in total. The van der Waals surface area contributed by atoms with Crippen molar-refractivity contribution in [1.82, 2.24) is 10.2 Å². The zero-order valence-electron chi connectivity index (χ0n) is 14.1. The second kappa shape index (κ2) is 6.91. The van der Waals surface area contributed by atoms with Gasteiger partial charge in [-0.05, 0) is 63.4 Å². The molecule has 0 bridgehead atoms. The highest BCUT2D eigenvalue weighted by Crippen LogP contribution is 2.41. The van der Waals surface area contributed by atoms with E-state index in [2.05, 4.69) is 17.1 Å². The minimum Gasteiger partial charge on any atom is -0.508 e. The lowest BCUT2D eigenvalue weighted by Crippen LogP contribution is -2.54. The molecule has 2 fully saturated rings. The largest absolute Gasteiger partial charge is 0.508 e. The number of benzene rings is 1. The zero-order chi connectivity index (χ0) is 16.3. The van der Waals surface area contributed by atoms with E-state index in [0.29, 0.717) is 18.2 Å². The lowest BCUT2D eigenvalue weighted by molar-refractivity contribution is -0.124. The number of likely N-dealkylation sites (tertiary alicyclic amines) is 1. The van der Waals surface area contributed by atoms with Crippen molar-refractivity contribution in [2.24, 2.45) is 0 Å². The van der Waals surface area contributed by atoms with Crippen LogP contribution < -0.4 is 5.32 Å². The van der Waals surface area contributed by atoms with Crippen molar-refractivity contribution < 1.29 is 9.90 Å². The Morgan fingerprint density at radius 3 is 2.61 bits per heavy atom. The normalized spacial score (nSPS) is 28.7. The number of amides is 1. The summed E-state index contributed by atoms with van der Waals surface area (Å²) >= 11 is 0. The molecule has 2 aliphatic rings. The molecule has 1 saturated heterocycles. The number of hydrogen-bond donors (Lipinski definition) is 2. The topological polar surface area (TPSA) is 52.6 Å². The van der Waals surface area contributed by atoms with Gasteiger partial charge in [0.2, 0.25) is 5.91 Å². The molecule has 0 radical (unpaired) electrons. The summed E-state index contributed by atoms with van der Waals surface area (Å²) in [6, 6.07) is 7.49. The van der Waals surface area contributed by atoms with Crippen LogP contribution in [0.15, 0.2) is 24.3 Å². The fourth-order valence-electron chi connectivity index (χ4n) is 4.23. The van der Waals surface area contributed by atoms with Crippen LogP contribution in [-0.2, 0) is 4.79 Å². The van der Waals surface area contributed by atoms with E-state index in [0.717, 1.165) is 32.4 Å². The highest BCUT2D eigenvalue weighted by atomic mass is 16.3. The maximum absolute atomic E-state index is 12.5. The molecule has 1 saturated carbocycles. The predicted octanol–water partition coefficient (Wildman–Crippen LogP) is 3.02. The highest BCUT2D eigenvalue weighted by Gasteiger charge is 2.38. The summed E-state index contributed by atoms with van der Waals surface area (Å²) in [5.41, 5.74) is 1.03. The third-order valence-electron chi connectivity index (χ3n) is 5.49. The Bertz CT molecular complexity index is 537. The molecule has 126 valence electrons. The van der Waals surface area contributed by atoms with Gasteiger partial charge in [0.05, 0.1) is 6.54 Å². The molecule has 1 amide bonds. The van der Waals surface area contributed by atoms with Crippen LogP contribution in [0.5, 0.6) is 5.75 Å². The average molecular weight is 316 g/mol. The number of aromatic hydroxyl groups is 1. The van der Waals surface area contributed by atoms with Crippen LogP contribution in [0.2, 0.25) is 0 Å². The summed E-state index contributed by atoms with van der Waals surface area (Å²) in [6.07, 6.45) is 6.88. The van der Waals surface area contributed by atoms with E-state index in [1.165, 1.54) is 24.8 Å². The van der Waals surface area contributed by atoms with E-state index in [1.807, 2.05) is 12.1 Å². The van der Waals surface area contributed by atoms with Gasteiger partial charge in [0.15, 0.2) is 0 Å². The first-order chi connectivity index (χ1) is 11.1. The van der Waals surface area contributed by atoms with E-state index in [1.54, 1.807) is 12.1 Å². The summed E-state index contributed by atoms with van der Waals surface area (Å²) in [5.74, 6) is 0.767. The molecule has 1 aliphatic carbocycles. The van der Waals surface area contributed by atoms with Crippen LogP contribution in [0.1, 0.15) is 56.9 Å². The fourth-order valence-corrected chi connectivity index (χ4v) is 4.23. The first kappa shape index (κ1) is 16.3. The number of hydrogen-bond acceptors (Lipinski definition) is 3. The van der Waals surface area contributed by atoms with Crippen molar-refractivity contribution in [3.63, 3.8) is 0 Å². The SMILES string of the molecule is CC1(NC(=O)CN2CCCC2)CCCCC1c1ccc(O)cc1. The van der Waals surface area contributed by atoms with Gasteiger partial charge in [0.25, 0.3) is 0 Å². The van der Waals surface area contributed by atoms with Crippen LogP contribution in [0.25, 0.3) is 0 Å². The molecular formula is C19H28N2O2. The molecule has 1 aliphatic heterocycles. The molecule has 1 aromatic carbocycles. The molecule has 4 nitrogen and oxygen atoms in total. The second-order valence-electron chi connectivity index (χ2n) is 7.34. The van der Waals surface area contributed by atoms with Gasteiger partial charge < -0.3 is 10.4 Å². The lowest BCUT2D eigenvalue weighted by Gasteiger charge is -2.43. The summed E-state index contributed by atoms with van der Waals surface area (Å²) in [7, 11) is 0. The molecule has 4 heteroatoms. The van der Waals surface area contributed by atoms with Crippen molar-refractivity contribution in [2.75, 3.05) is 19.6 Å². The summed E-state index contributed by atoms with van der Waals surface area (Å²) in [6.45, 7) is 4.81. The number of nitrogens with one attached hydrogen (secondary N) is 1.